The van der Waals surface area contributed by atoms with Gasteiger partial charge in [0.1, 0.15) is 5.52 Å². The number of nitrogens with zero attached hydrogens (tertiary/aromatic N) is 3. The van der Waals surface area contributed by atoms with Gasteiger partial charge in [-0.05, 0) is 117 Å². The van der Waals surface area contributed by atoms with Gasteiger partial charge in [-0.1, -0.05) is 123 Å². The van der Waals surface area contributed by atoms with Gasteiger partial charge >= 0.3 is 0 Å². The van der Waals surface area contributed by atoms with Crippen molar-refractivity contribution < 1.29 is 0 Å². The summed E-state index contributed by atoms with van der Waals surface area (Å²) in [6.07, 6.45) is 1.95. The SMILES string of the molecule is CC1(C)c2ccccc2-c2ccc(N(c3ccc(-c4ccccc4)cc3)c3ccc(-c4ccc(-n5c(=O)c6cccn6c6ccccc65)cc4)cc3)cc21. The minimum atomic E-state index is -0.105. The molecule has 0 atom stereocenters. The molecule has 0 aliphatic heterocycles. The van der Waals surface area contributed by atoms with Crippen LogP contribution in [0.2, 0.25) is 0 Å². The first-order valence-corrected chi connectivity index (χ1v) is 18.5. The topological polar surface area (TPSA) is 29.7 Å². The third kappa shape index (κ3) is 5.02. The molecule has 54 heavy (non-hydrogen) atoms. The zero-order valence-electron chi connectivity index (χ0n) is 30.1. The lowest BCUT2D eigenvalue weighted by Crippen LogP contribution is -2.21. The van der Waals surface area contributed by atoms with Crippen LogP contribution in [0.1, 0.15) is 25.0 Å². The van der Waals surface area contributed by atoms with Crippen LogP contribution in [0.25, 0.3) is 55.6 Å². The molecule has 1 aliphatic rings. The Bertz CT molecular complexity index is 2900. The van der Waals surface area contributed by atoms with Crippen molar-refractivity contribution in [1.82, 2.24) is 8.97 Å². The van der Waals surface area contributed by atoms with Crippen LogP contribution in [-0.4, -0.2) is 8.97 Å². The Hall–Kier alpha value is -6.91. The second-order valence-corrected chi connectivity index (χ2v) is 14.6. The smallest absolute Gasteiger partial charge is 0.279 e. The molecule has 2 aromatic heterocycles. The minimum Gasteiger partial charge on any atom is -0.310 e. The first kappa shape index (κ1) is 31.8. The molecule has 0 amide bonds. The van der Waals surface area contributed by atoms with Gasteiger partial charge in [0.05, 0.1) is 11.0 Å². The predicted octanol–water partition coefficient (Wildman–Crippen LogP) is 12.4. The van der Waals surface area contributed by atoms with Crippen LogP contribution in [-0.2, 0) is 5.41 Å². The van der Waals surface area contributed by atoms with Crippen LogP contribution in [0, 0.1) is 0 Å². The highest BCUT2D eigenvalue weighted by Crippen LogP contribution is 2.50. The molecule has 2 heterocycles. The fourth-order valence-corrected chi connectivity index (χ4v) is 8.42. The highest BCUT2D eigenvalue weighted by Gasteiger charge is 2.35. The van der Waals surface area contributed by atoms with Gasteiger partial charge in [0.25, 0.3) is 5.56 Å². The lowest BCUT2D eigenvalue weighted by atomic mass is 9.82. The van der Waals surface area contributed by atoms with Gasteiger partial charge in [-0.15, -0.1) is 0 Å². The van der Waals surface area contributed by atoms with Gasteiger partial charge in [-0.25, -0.2) is 0 Å². The van der Waals surface area contributed by atoms with Crippen molar-refractivity contribution in [1.29, 1.82) is 0 Å². The van der Waals surface area contributed by atoms with E-state index >= 15 is 0 Å². The second-order valence-electron chi connectivity index (χ2n) is 14.6. The summed E-state index contributed by atoms with van der Waals surface area (Å²) < 4.78 is 3.78. The molecule has 0 saturated carbocycles. The fourth-order valence-electron chi connectivity index (χ4n) is 8.42. The normalized spacial score (nSPS) is 12.9. The monoisotopic (exact) mass is 695 g/mol. The number of hydrogen-bond donors (Lipinski definition) is 0. The highest BCUT2D eigenvalue weighted by molar-refractivity contribution is 5.87. The number of fused-ring (bicyclic) bond motifs is 6. The molecular weight excluding hydrogens is 659 g/mol. The van der Waals surface area contributed by atoms with E-state index in [4.69, 9.17) is 0 Å². The van der Waals surface area contributed by atoms with Crippen molar-refractivity contribution in [2.45, 2.75) is 19.3 Å². The van der Waals surface area contributed by atoms with E-state index in [1.807, 2.05) is 57.6 Å². The van der Waals surface area contributed by atoms with Crippen molar-refractivity contribution >= 4 is 33.6 Å². The average Bonchev–Trinajstić information content (AvgIpc) is 3.81. The van der Waals surface area contributed by atoms with Gasteiger partial charge < -0.3 is 9.30 Å². The van der Waals surface area contributed by atoms with Crippen LogP contribution in [0.15, 0.2) is 193 Å². The summed E-state index contributed by atoms with van der Waals surface area (Å²) in [4.78, 5) is 16.0. The van der Waals surface area contributed by atoms with Gasteiger partial charge in [0, 0.05) is 34.4 Å². The summed E-state index contributed by atoms with van der Waals surface area (Å²) in [5.74, 6) is 0. The Kier molecular flexibility index (Phi) is 7.27. The van der Waals surface area contributed by atoms with E-state index in [1.165, 1.54) is 33.4 Å². The maximum absolute atomic E-state index is 13.7. The van der Waals surface area contributed by atoms with Crippen molar-refractivity contribution in [3.63, 3.8) is 0 Å². The van der Waals surface area contributed by atoms with Crippen LogP contribution in [0.5, 0.6) is 0 Å². The van der Waals surface area contributed by atoms with Gasteiger partial charge in [-0.2, -0.15) is 0 Å². The zero-order valence-corrected chi connectivity index (χ0v) is 30.1. The summed E-state index contributed by atoms with van der Waals surface area (Å²) in [5.41, 5.74) is 16.4. The lowest BCUT2D eigenvalue weighted by molar-refractivity contribution is 0.660. The maximum Gasteiger partial charge on any atom is 0.279 e. The van der Waals surface area contributed by atoms with Crippen molar-refractivity contribution in [2.24, 2.45) is 0 Å². The van der Waals surface area contributed by atoms with Crippen LogP contribution < -0.4 is 10.5 Å². The van der Waals surface area contributed by atoms with Gasteiger partial charge in [-0.3, -0.25) is 9.36 Å². The predicted molar refractivity (Wildman–Crippen MR) is 224 cm³/mol. The Morgan fingerprint density at radius 2 is 0.963 bits per heavy atom. The van der Waals surface area contributed by atoms with Crippen LogP contribution >= 0.6 is 0 Å². The molecule has 0 spiro atoms. The summed E-state index contributed by atoms with van der Waals surface area (Å²) in [6, 6.07) is 64.1. The van der Waals surface area contributed by atoms with E-state index < -0.39 is 0 Å². The summed E-state index contributed by atoms with van der Waals surface area (Å²) in [6.45, 7) is 4.66. The molecule has 1 aliphatic carbocycles. The third-order valence-corrected chi connectivity index (χ3v) is 11.2. The maximum atomic E-state index is 13.7. The highest BCUT2D eigenvalue weighted by atomic mass is 16.1. The van der Waals surface area contributed by atoms with Crippen molar-refractivity contribution in [2.75, 3.05) is 4.90 Å². The largest absolute Gasteiger partial charge is 0.310 e. The molecular formula is C50H37N3O. The fraction of sp³-hybridized carbons (Fsp3) is 0.0600. The molecule has 258 valence electrons. The molecule has 4 nitrogen and oxygen atoms in total. The van der Waals surface area contributed by atoms with Crippen LogP contribution in [0.3, 0.4) is 0 Å². The Labute approximate surface area is 314 Å². The van der Waals surface area contributed by atoms with Gasteiger partial charge in [0.2, 0.25) is 0 Å². The number of anilines is 3. The molecule has 7 aromatic carbocycles. The van der Waals surface area contributed by atoms with E-state index in [1.54, 1.807) is 0 Å². The molecule has 0 fully saturated rings. The summed E-state index contributed by atoms with van der Waals surface area (Å²) in [7, 11) is 0. The number of benzene rings is 7. The van der Waals surface area contributed by atoms with E-state index in [0.717, 1.165) is 44.9 Å². The summed E-state index contributed by atoms with van der Waals surface area (Å²) in [5, 5.41) is 0. The molecule has 0 saturated heterocycles. The third-order valence-electron chi connectivity index (χ3n) is 11.2. The minimum absolute atomic E-state index is 0.0356. The standard InChI is InChI=1S/C50H37N3O/c1-50(2)44-14-7-6-13-42(44)43-31-30-41(33-45(43)50)52(38-24-18-35(19-25-38)34-11-4-3-5-12-34)39-26-20-36(21-27-39)37-22-28-40(29-23-37)53-47-16-9-8-15-46(47)51-32-10-17-48(51)49(53)54/h3-33H,1-2H3. The van der Waals surface area contributed by atoms with E-state index in [0.29, 0.717) is 5.52 Å². The number of rotatable bonds is 6. The van der Waals surface area contributed by atoms with Gasteiger partial charge in [0.15, 0.2) is 0 Å². The summed E-state index contributed by atoms with van der Waals surface area (Å²) >= 11 is 0. The molecule has 0 bridgehead atoms. The first-order chi connectivity index (χ1) is 26.5. The molecule has 0 radical (unpaired) electrons. The number of hydrogen-bond acceptors (Lipinski definition) is 2. The second kappa shape index (κ2) is 12.4. The lowest BCUT2D eigenvalue weighted by Gasteiger charge is -2.28. The van der Waals surface area contributed by atoms with Crippen LogP contribution in [0.4, 0.5) is 17.1 Å². The molecule has 0 unspecified atom stereocenters. The zero-order chi connectivity index (χ0) is 36.4. The molecule has 4 heteroatoms. The van der Waals surface area contributed by atoms with Crippen molar-refractivity contribution in [3.8, 4) is 39.1 Å². The quantitative estimate of drug-likeness (QED) is 0.173. The van der Waals surface area contributed by atoms with E-state index in [-0.39, 0.29) is 11.0 Å². The number of aromatic nitrogens is 2. The first-order valence-electron chi connectivity index (χ1n) is 18.5. The Morgan fingerprint density at radius 1 is 0.444 bits per heavy atom. The van der Waals surface area contributed by atoms with E-state index in [9.17, 15) is 4.79 Å². The Balaban J connectivity index is 1.03. The molecule has 10 rings (SSSR count). The average molecular weight is 696 g/mol. The molecule has 9 aromatic rings. The Morgan fingerprint density at radius 3 is 1.65 bits per heavy atom. The molecule has 0 N–H and O–H groups in total. The van der Waals surface area contributed by atoms with E-state index in [2.05, 4.69) is 158 Å². The number of para-hydroxylation sites is 2. The van der Waals surface area contributed by atoms with Crippen molar-refractivity contribution in [3.05, 3.63) is 210 Å².